The van der Waals surface area contributed by atoms with Gasteiger partial charge in [0.25, 0.3) is 5.91 Å². The van der Waals surface area contributed by atoms with Gasteiger partial charge in [-0.15, -0.1) is 0 Å². The van der Waals surface area contributed by atoms with Crippen LogP contribution in [0, 0.1) is 11.8 Å². The lowest BCUT2D eigenvalue weighted by molar-refractivity contribution is -0.120. The zero-order valence-electron chi connectivity index (χ0n) is 12.4. The van der Waals surface area contributed by atoms with E-state index in [1.54, 1.807) is 0 Å². The van der Waals surface area contributed by atoms with Gasteiger partial charge in [-0.1, -0.05) is 11.6 Å². The molecule has 3 N–H and O–H groups in total. The van der Waals surface area contributed by atoms with Gasteiger partial charge in [0.1, 0.15) is 10.6 Å². The van der Waals surface area contributed by atoms with Crippen molar-refractivity contribution < 1.29 is 17.9 Å². The largest absolute Gasteiger partial charge is 0.482 e. The average Bonchev–Trinajstić information content (AvgIpc) is 3.07. The van der Waals surface area contributed by atoms with Gasteiger partial charge >= 0.3 is 0 Å². The molecule has 2 fully saturated rings. The number of nitrogens with two attached hydrogens (primary N) is 1. The van der Waals surface area contributed by atoms with E-state index in [0.29, 0.717) is 24.9 Å². The van der Waals surface area contributed by atoms with Gasteiger partial charge in [0.15, 0.2) is 6.61 Å². The van der Waals surface area contributed by atoms with Crippen LogP contribution in [0.4, 0.5) is 0 Å². The lowest BCUT2D eigenvalue weighted by Gasteiger charge is -2.19. The number of amides is 1. The minimum Gasteiger partial charge on any atom is -0.482 e. The van der Waals surface area contributed by atoms with Crippen molar-refractivity contribution in [3.05, 3.63) is 23.2 Å². The molecule has 126 valence electrons. The summed E-state index contributed by atoms with van der Waals surface area (Å²) in [6, 6.07) is 4.30. The molecule has 0 bridgehead atoms. The van der Waals surface area contributed by atoms with E-state index in [0.717, 1.165) is 13.1 Å². The number of carbonyl (C=O) groups is 1. The molecule has 2 heterocycles. The lowest BCUT2D eigenvalue weighted by atomic mass is 10.0. The summed E-state index contributed by atoms with van der Waals surface area (Å²) < 4.78 is 32.6. The predicted molar refractivity (Wildman–Crippen MR) is 84.7 cm³/mol. The van der Waals surface area contributed by atoms with E-state index >= 15 is 0 Å². The van der Waals surface area contributed by atoms with Crippen molar-refractivity contribution in [3.8, 4) is 5.75 Å². The van der Waals surface area contributed by atoms with Gasteiger partial charge in [-0.3, -0.25) is 4.79 Å². The van der Waals surface area contributed by atoms with Gasteiger partial charge in [-0.25, -0.2) is 8.42 Å². The number of hydrogen-bond donors (Lipinski definition) is 2. The number of sulfonamides is 1. The van der Waals surface area contributed by atoms with Gasteiger partial charge in [0.2, 0.25) is 10.0 Å². The number of fused-ring (bicyclic) bond motifs is 1. The molecule has 3 rings (SSSR count). The van der Waals surface area contributed by atoms with Crippen LogP contribution in [-0.4, -0.2) is 51.4 Å². The van der Waals surface area contributed by atoms with Crippen molar-refractivity contribution in [3.63, 3.8) is 0 Å². The number of benzene rings is 1. The predicted octanol–water partition coefficient (Wildman–Crippen LogP) is 0.0440. The van der Waals surface area contributed by atoms with Gasteiger partial charge in [-0.2, -0.15) is 4.31 Å². The maximum Gasteiger partial charge on any atom is 0.255 e. The standard InChI is InChI=1S/C14H18ClN3O4S/c15-11-1-2-12(22-8-14(16)19)13(3-11)23(20,21)18-6-9-4-17-5-10(9)7-18/h1-3,9-10,17H,4-8H2,(H2,16,19)/t9-,10+. The summed E-state index contributed by atoms with van der Waals surface area (Å²) in [5.41, 5.74) is 5.06. The van der Waals surface area contributed by atoms with Crippen LogP contribution in [0.25, 0.3) is 0 Å². The van der Waals surface area contributed by atoms with Gasteiger partial charge < -0.3 is 15.8 Å². The number of carbonyl (C=O) groups excluding carboxylic acids is 1. The van der Waals surface area contributed by atoms with Crippen molar-refractivity contribution in [1.29, 1.82) is 0 Å². The molecule has 0 unspecified atom stereocenters. The summed E-state index contributed by atoms with van der Waals surface area (Å²) >= 11 is 5.95. The molecule has 2 aliphatic heterocycles. The van der Waals surface area contributed by atoms with Crippen LogP contribution in [0.15, 0.2) is 23.1 Å². The molecule has 0 aromatic heterocycles. The Morgan fingerprint density at radius 2 is 2.00 bits per heavy atom. The number of nitrogens with zero attached hydrogens (tertiary/aromatic N) is 1. The molecule has 0 saturated carbocycles. The van der Waals surface area contributed by atoms with E-state index in [9.17, 15) is 13.2 Å². The first kappa shape index (κ1) is 16.5. The molecule has 1 amide bonds. The van der Waals surface area contributed by atoms with Crippen LogP contribution in [0.1, 0.15) is 0 Å². The third-order valence-corrected chi connectivity index (χ3v) is 6.34. The third kappa shape index (κ3) is 3.30. The maximum atomic E-state index is 12.9. The van der Waals surface area contributed by atoms with Gasteiger partial charge in [0.05, 0.1) is 0 Å². The fraction of sp³-hybridized carbons (Fsp3) is 0.500. The van der Waals surface area contributed by atoms with Crippen LogP contribution in [0.2, 0.25) is 5.02 Å². The molecule has 23 heavy (non-hydrogen) atoms. The van der Waals surface area contributed by atoms with E-state index < -0.39 is 15.9 Å². The molecule has 2 atom stereocenters. The molecule has 1 aromatic carbocycles. The van der Waals surface area contributed by atoms with Crippen molar-refractivity contribution in [2.75, 3.05) is 32.8 Å². The van der Waals surface area contributed by atoms with E-state index in [1.165, 1.54) is 22.5 Å². The number of halogens is 1. The first-order chi connectivity index (χ1) is 10.9. The summed E-state index contributed by atoms with van der Waals surface area (Å²) in [7, 11) is -3.74. The Morgan fingerprint density at radius 3 is 2.61 bits per heavy atom. The van der Waals surface area contributed by atoms with Gasteiger partial charge in [0, 0.05) is 18.1 Å². The quantitative estimate of drug-likeness (QED) is 0.773. The number of rotatable bonds is 5. The van der Waals surface area contributed by atoms with Crippen LogP contribution in [0.3, 0.4) is 0 Å². The van der Waals surface area contributed by atoms with Crippen molar-refractivity contribution in [2.24, 2.45) is 17.6 Å². The first-order valence-corrected chi connectivity index (χ1v) is 9.11. The van der Waals surface area contributed by atoms with E-state index in [-0.39, 0.29) is 22.3 Å². The Labute approximate surface area is 139 Å². The fourth-order valence-corrected chi connectivity index (χ4v) is 5.05. The summed E-state index contributed by atoms with van der Waals surface area (Å²) in [6.07, 6.45) is 0. The second-order valence-corrected chi connectivity index (χ2v) is 8.19. The van der Waals surface area contributed by atoms with Crippen molar-refractivity contribution in [1.82, 2.24) is 9.62 Å². The van der Waals surface area contributed by atoms with Gasteiger partial charge in [-0.05, 0) is 43.1 Å². The summed E-state index contributed by atoms with van der Waals surface area (Å²) in [5, 5.41) is 3.56. The highest BCUT2D eigenvalue weighted by Crippen LogP contribution is 2.35. The Morgan fingerprint density at radius 1 is 1.35 bits per heavy atom. The molecule has 9 heteroatoms. The Balaban J connectivity index is 1.89. The van der Waals surface area contributed by atoms with Crippen molar-refractivity contribution >= 4 is 27.5 Å². The number of ether oxygens (including phenoxy) is 1. The van der Waals surface area contributed by atoms with Crippen LogP contribution in [-0.2, 0) is 14.8 Å². The summed E-state index contributed by atoms with van der Waals surface area (Å²) in [6.45, 7) is 2.22. The summed E-state index contributed by atoms with van der Waals surface area (Å²) in [5.74, 6) is 0.0753. The topological polar surface area (TPSA) is 102 Å². The fourth-order valence-electron chi connectivity index (χ4n) is 3.10. The summed E-state index contributed by atoms with van der Waals surface area (Å²) in [4.78, 5) is 10.9. The SMILES string of the molecule is NC(=O)COc1ccc(Cl)cc1S(=O)(=O)N1C[C@H]2CNC[C@H]2C1. The highest BCUT2D eigenvalue weighted by molar-refractivity contribution is 7.89. The second kappa shape index (κ2) is 6.27. The highest BCUT2D eigenvalue weighted by atomic mass is 35.5. The van der Waals surface area contributed by atoms with Crippen LogP contribution < -0.4 is 15.8 Å². The average molecular weight is 360 g/mol. The Bertz CT molecular complexity index is 713. The van der Waals surface area contributed by atoms with E-state index in [2.05, 4.69) is 5.32 Å². The van der Waals surface area contributed by atoms with E-state index in [4.69, 9.17) is 22.1 Å². The zero-order chi connectivity index (χ0) is 16.6. The Kier molecular flexibility index (Phi) is 4.50. The smallest absolute Gasteiger partial charge is 0.255 e. The normalized spacial score (nSPS) is 24.6. The molecule has 2 saturated heterocycles. The van der Waals surface area contributed by atoms with E-state index in [1.807, 2.05) is 0 Å². The minimum absolute atomic E-state index is 0.0285. The van der Waals surface area contributed by atoms with Crippen molar-refractivity contribution in [2.45, 2.75) is 4.90 Å². The molecule has 2 aliphatic rings. The Hall–Kier alpha value is -1.35. The van der Waals surface area contributed by atoms with Crippen LogP contribution in [0.5, 0.6) is 5.75 Å². The third-order valence-electron chi connectivity index (χ3n) is 4.25. The molecule has 1 aromatic rings. The molecule has 0 radical (unpaired) electrons. The number of hydrogen-bond acceptors (Lipinski definition) is 5. The molecule has 0 spiro atoms. The first-order valence-electron chi connectivity index (χ1n) is 7.29. The zero-order valence-corrected chi connectivity index (χ0v) is 13.9. The lowest BCUT2D eigenvalue weighted by Crippen LogP contribution is -2.32. The molecular weight excluding hydrogens is 342 g/mol. The number of nitrogens with one attached hydrogen (secondary N) is 1. The maximum absolute atomic E-state index is 12.9. The van der Waals surface area contributed by atoms with Crippen LogP contribution >= 0.6 is 11.6 Å². The minimum atomic E-state index is -3.74. The molecule has 7 nitrogen and oxygen atoms in total. The highest BCUT2D eigenvalue weighted by Gasteiger charge is 2.42. The monoisotopic (exact) mass is 359 g/mol. The number of primary amides is 1. The second-order valence-electron chi connectivity index (χ2n) is 5.85. The molecular formula is C14H18ClN3O4S. The molecule has 0 aliphatic carbocycles.